The molecule has 2 N–H and O–H groups in total. The highest BCUT2D eigenvalue weighted by atomic mass is 32.2. The summed E-state index contributed by atoms with van der Waals surface area (Å²) in [7, 11) is 4.62. The summed E-state index contributed by atoms with van der Waals surface area (Å²) in [6, 6.07) is 28.0. The molecule has 0 radical (unpaired) electrons. The summed E-state index contributed by atoms with van der Waals surface area (Å²) >= 11 is 1.38. The molecule has 42 heavy (non-hydrogen) atoms. The maximum Gasteiger partial charge on any atom is 0.272 e. The second-order valence-electron chi connectivity index (χ2n) is 8.91. The third kappa shape index (κ3) is 8.02. The number of rotatable bonds is 12. The minimum absolute atomic E-state index is 0.0557. The van der Waals surface area contributed by atoms with Crippen LogP contribution < -0.4 is 24.8 Å². The Bertz CT molecular complexity index is 1590. The molecule has 0 aromatic heterocycles. The monoisotopic (exact) mass is 582 g/mol. The van der Waals surface area contributed by atoms with Crippen molar-refractivity contribution >= 4 is 41.1 Å². The Morgan fingerprint density at radius 3 is 2.17 bits per heavy atom. The van der Waals surface area contributed by atoms with E-state index < -0.39 is 11.8 Å². The lowest BCUT2D eigenvalue weighted by Gasteiger charge is -2.12. The largest absolute Gasteiger partial charge is 0.497 e. The first-order chi connectivity index (χ1) is 20.4. The zero-order valence-corrected chi connectivity index (χ0v) is 24.2. The van der Waals surface area contributed by atoms with Gasteiger partial charge in [-0.05, 0) is 78.4 Å². The van der Waals surface area contributed by atoms with Gasteiger partial charge in [-0.3, -0.25) is 14.4 Å². The molecule has 0 aliphatic heterocycles. The van der Waals surface area contributed by atoms with Crippen LogP contribution in [0.5, 0.6) is 17.2 Å². The van der Waals surface area contributed by atoms with E-state index in [0.29, 0.717) is 39.6 Å². The number of hydrogen-bond donors (Lipinski definition) is 2. The van der Waals surface area contributed by atoms with Gasteiger partial charge in [0.2, 0.25) is 0 Å². The summed E-state index contributed by atoms with van der Waals surface area (Å²) in [4.78, 5) is 39.8. The van der Waals surface area contributed by atoms with E-state index in [1.807, 2.05) is 18.2 Å². The summed E-state index contributed by atoms with van der Waals surface area (Å²) in [5.74, 6) is 0.932. The Hall–Kier alpha value is -5.02. The highest BCUT2D eigenvalue weighted by molar-refractivity contribution is 8.00. The Balaban J connectivity index is 1.44. The van der Waals surface area contributed by atoms with Crippen LogP contribution in [0.2, 0.25) is 0 Å². The smallest absolute Gasteiger partial charge is 0.272 e. The Morgan fingerprint density at radius 1 is 0.738 bits per heavy atom. The predicted octanol–water partition coefficient (Wildman–Crippen LogP) is 6.10. The van der Waals surface area contributed by atoms with Crippen molar-refractivity contribution in [3.63, 3.8) is 0 Å². The average Bonchev–Trinajstić information content (AvgIpc) is 3.04. The molecule has 4 aromatic carbocycles. The van der Waals surface area contributed by atoms with Crippen molar-refractivity contribution in [1.82, 2.24) is 5.32 Å². The third-order valence-electron chi connectivity index (χ3n) is 6.12. The van der Waals surface area contributed by atoms with Gasteiger partial charge >= 0.3 is 0 Å². The molecular weight excluding hydrogens is 552 g/mol. The first-order valence-corrected chi connectivity index (χ1v) is 13.9. The first-order valence-electron chi connectivity index (χ1n) is 12.9. The number of Topliss-reactive ketones (excluding diaryl/α,β-unsaturated/α-hetero) is 1. The molecule has 0 saturated carbocycles. The number of carbonyl (C=O) groups is 3. The molecule has 0 saturated heterocycles. The summed E-state index contributed by atoms with van der Waals surface area (Å²) in [6.45, 7) is 0. The van der Waals surface area contributed by atoms with Crippen LogP contribution in [0.4, 0.5) is 5.69 Å². The zero-order valence-electron chi connectivity index (χ0n) is 23.4. The SMILES string of the molecule is COc1cccc(/C=C(\NC(=O)c2ccccc2)C(=O)Nc2ccc(SCC(=O)c3ccc(OC)c(OC)c3)cc2)c1. The number of hydrogen-bond acceptors (Lipinski definition) is 7. The average molecular weight is 583 g/mol. The van der Waals surface area contributed by atoms with Crippen molar-refractivity contribution in [1.29, 1.82) is 0 Å². The minimum Gasteiger partial charge on any atom is -0.497 e. The lowest BCUT2D eigenvalue weighted by atomic mass is 10.1. The molecule has 8 nitrogen and oxygen atoms in total. The molecule has 0 unspecified atom stereocenters. The molecule has 0 aliphatic carbocycles. The Morgan fingerprint density at radius 2 is 1.48 bits per heavy atom. The lowest BCUT2D eigenvalue weighted by Crippen LogP contribution is -2.30. The van der Waals surface area contributed by atoms with Crippen LogP contribution in [0.3, 0.4) is 0 Å². The molecule has 0 heterocycles. The zero-order chi connectivity index (χ0) is 29.9. The first kappa shape index (κ1) is 30.0. The van der Waals surface area contributed by atoms with E-state index in [2.05, 4.69) is 10.6 Å². The van der Waals surface area contributed by atoms with Gasteiger partial charge in [0.15, 0.2) is 17.3 Å². The molecule has 0 spiro atoms. The second-order valence-corrected chi connectivity index (χ2v) is 9.96. The summed E-state index contributed by atoms with van der Waals surface area (Å²) in [6.07, 6.45) is 1.59. The molecule has 4 aromatic rings. The number of nitrogens with one attached hydrogen (secondary N) is 2. The van der Waals surface area contributed by atoms with Crippen LogP contribution in [0.15, 0.2) is 108 Å². The number of ketones is 1. The number of thioether (sulfide) groups is 1. The van der Waals surface area contributed by atoms with Crippen LogP contribution in [-0.4, -0.2) is 44.7 Å². The summed E-state index contributed by atoms with van der Waals surface area (Å²) < 4.78 is 15.8. The lowest BCUT2D eigenvalue weighted by molar-refractivity contribution is -0.113. The quantitative estimate of drug-likeness (QED) is 0.118. The number of ether oxygens (including phenoxy) is 3. The molecule has 9 heteroatoms. The van der Waals surface area contributed by atoms with E-state index in [1.54, 1.807) is 99.2 Å². The van der Waals surface area contributed by atoms with Crippen molar-refractivity contribution in [2.24, 2.45) is 0 Å². The van der Waals surface area contributed by atoms with E-state index in [-0.39, 0.29) is 17.2 Å². The van der Waals surface area contributed by atoms with Gasteiger partial charge < -0.3 is 24.8 Å². The molecule has 0 atom stereocenters. The van der Waals surface area contributed by atoms with E-state index in [0.717, 1.165) is 4.90 Å². The maximum absolute atomic E-state index is 13.3. The van der Waals surface area contributed by atoms with Gasteiger partial charge in [0.25, 0.3) is 11.8 Å². The predicted molar refractivity (Wildman–Crippen MR) is 165 cm³/mol. The van der Waals surface area contributed by atoms with E-state index in [1.165, 1.54) is 18.9 Å². The number of anilines is 1. The van der Waals surface area contributed by atoms with Crippen LogP contribution >= 0.6 is 11.8 Å². The van der Waals surface area contributed by atoms with Gasteiger partial charge in [0.1, 0.15) is 11.4 Å². The molecule has 0 fully saturated rings. The van der Waals surface area contributed by atoms with Crippen molar-refractivity contribution < 1.29 is 28.6 Å². The normalized spacial score (nSPS) is 10.9. The second kappa shape index (κ2) is 14.6. The number of amides is 2. The summed E-state index contributed by atoms with van der Waals surface area (Å²) in [5, 5.41) is 5.56. The van der Waals surface area contributed by atoms with Crippen LogP contribution in [-0.2, 0) is 4.79 Å². The van der Waals surface area contributed by atoms with Gasteiger partial charge in [-0.1, -0.05) is 30.3 Å². The Kier molecular flexibility index (Phi) is 10.4. The molecule has 2 amide bonds. The minimum atomic E-state index is -0.494. The van der Waals surface area contributed by atoms with Gasteiger partial charge in [-0.2, -0.15) is 0 Å². The third-order valence-corrected chi connectivity index (χ3v) is 7.13. The number of methoxy groups -OCH3 is 3. The fourth-order valence-corrected chi connectivity index (χ4v) is 4.71. The fraction of sp³-hybridized carbons (Fsp3) is 0.121. The van der Waals surface area contributed by atoms with Crippen molar-refractivity contribution in [2.75, 3.05) is 32.4 Å². The highest BCUT2D eigenvalue weighted by Crippen LogP contribution is 2.29. The van der Waals surface area contributed by atoms with Crippen molar-refractivity contribution in [3.05, 3.63) is 119 Å². The molecule has 0 aliphatic rings. The van der Waals surface area contributed by atoms with Crippen molar-refractivity contribution in [3.8, 4) is 17.2 Å². The van der Waals surface area contributed by atoms with Crippen LogP contribution in [0, 0.1) is 0 Å². The highest BCUT2D eigenvalue weighted by Gasteiger charge is 2.16. The number of carbonyl (C=O) groups excluding carboxylic acids is 3. The van der Waals surface area contributed by atoms with Gasteiger partial charge in [-0.25, -0.2) is 0 Å². The van der Waals surface area contributed by atoms with E-state index >= 15 is 0 Å². The van der Waals surface area contributed by atoms with E-state index in [9.17, 15) is 14.4 Å². The van der Waals surface area contributed by atoms with Gasteiger partial charge in [0, 0.05) is 21.7 Å². The molecular formula is C33H30N2O6S. The van der Waals surface area contributed by atoms with Gasteiger partial charge in [-0.15, -0.1) is 11.8 Å². The van der Waals surface area contributed by atoms with Gasteiger partial charge in [0.05, 0.1) is 27.1 Å². The van der Waals surface area contributed by atoms with Crippen molar-refractivity contribution in [2.45, 2.75) is 4.90 Å². The standard InChI is InChI=1S/C33H30N2O6S/c1-39-26-11-7-8-22(18-26)19-28(35-32(37)23-9-5-4-6-10-23)33(38)34-25-13-15-27(16-14-25)42-21-29(36)24-12-17-30(40-2)31(20-24)41-3/h4-20H,21H2,1-3H3,(H,34,38)(H,35,37)/b28-19-. The fourth-order valence-electron chi connectivity index (χ4n) is 3.92. The van der Waals surface area contributed by atoms with E-state index in [4.69, 9.17) is 14.2 Å². The topological polar surface area (TPSA) is 103 Å². The maximum atomic E-state index is 13.3. The molecule has 4 rings (SSSR count). The van der Waals surface area contributed by atoms with Crippen LogP contribution in [0.1, 0.15) is 26.3 Å². The summed E-state index contributed by atoms with van der Waals surface area (Å²) in [5.41, 5.74) is 2.22. The molecule has 214 valence electrons. The molecule has 0 bridgehead atoms. The van der Waals surface area contributed by atoms with Crippen LogP contribution in [0.25, 0.3) is 6.08 Å². The Labute approximate surface area is 248 Å². The number of benzene rings is 4.